The van der Waals surface area contributed by atoms with Crippen molar-refractivity contribution >= 4 is 11.6 Å². The Labute approximate surface area is 175 Å². The van der Waals surface area contributed by atoms with E-state index in [1.165, 1.54) is 37.3 Å². The largest absolute Gasteiger partial charge is 0.508 e. The molecule has 6 atom stereocenters. The number of phenols is 2. The highest BCUT2D eigenvalue weighted by atomic mass is 16.7. The fourth-order valence-electron chi connectivity index (χ4n) is 3.50. The van der Waals surface area contributed by atoms with Crippen LogP contribution >= 0.6 is 0 Å². The van der Waals surface area contributed by atoms with E-state index in [0.717, 1.165) is 6.07 Å². The van der Waals surface area contributed by atoms with E-state index in [9.17, 15) is 35.1 Å². The number of rotatable bonds is 3. The van der Waals surface area contributed by atoms with Gasteiger partial charge in [-0.25, -0.2) is 0 Å². The number of hydrogen-bond acceptors (Lipinski definition) is 10. The first-order valence-electron chi connectivity index (χ1n) is 9.45. The summed E-state index contributed by atoms with van der Waals surface area (Å²) in [7, 11) is 0. The number of carbonyl (C=O) groups is 2. The molecule has 0 aliphatic carbocycles. The number of aliphatic hydroxyl groups excluding tert-OH is 3. The van der Waals surface area contributed by atoms with E-state index < -0.39 is 54.1 Å². The lowest BCUT2D eigenvalue weighted by Crippen LogP contribution is -2.58. The maximum absolute atomic E-state index is 12.6. The van der Waals surface area contributed by atoms with Crippen molar-refractivity contribution in [3.05, 3.63) is 47.5 Å². The Kier molecular flexibility index (Phi) is 5.31. The molecule has 2 aliphatic heterocycles. The highest BCUT2D eigenvalue weighted by molar-refractivity contribution is 6.47. The zero-order chi connectivity index (χ0) is 22.4. The molecule has 0 spiro atoms. The van der Waals surface area contributed by atoms with Gasteiger partial charge in [-0.1, -0.05) is 12.1 Å². The van der Waals surface area contributed by atoms with Gasteiger partial charge in [0.05, 0.1) is 6.10 Å². The molecule has 10 heteroatoms. The molecule has 0 aromatic heterocycles. The first kappa shape index (κ1) is 21.1. The molecule has 2 aliphatic rings. The topological polar surface area (TPSA) is 163 Å². The molecular formula is C21H20O10. The third kappa shape index (κ3) is 3.70. The molecule has 2 aromatic carbocycles. The summed E-state index contributed by atoms with van der Waals surface area (Å²) in [6.07, 6.45) is -7.93. The number of phenolic OH excluding ortho intramolecular Hbond substituents is 2. The molecule has 31 heavy (non-hydrogen) atoms. The van der Waals surface area contributed by atoms with E-state index in [0.29, 0.717) is 5.56 Å². The lowest BCUT2D eigenvalue weighted by molar-refractivity contribution is -0.268. The minimum atomic E-state index is -1.58. The van der Waals surface area contributed by atoms with Crippen LogP contribution in [0.5, 0.6) is 23.0 Å². The minimum absolute atomic E-state index is 0.0281. The lowest BCUT2D eigenvalue weighted by Gasteiger charge is -2.39. The summed E-state index contributed by atoms with van der Waals surface area (Å²) >= 11 is 0. The quantitative estimate of drug-likeness (QED) is 0.423. The van der Waals surface area contributed by atoms with Crippen molar-refractivity contribution in [2.45, 2.75) is 43.7 Å². The van der Waals surface area contributed by atoms with Gasteiger partial charge >= 0.3 is 0 Å². The van der Waals surface area contributed by atoms with Gasteiger partial charge in [0.15, 0.2) is 6.10 Å². The molecule has 0 amide bonds. The molecule has 10 nitrogen and oxygen atoms in total. The third-order valence-electron chi connectivity index (χ3n) is 5.25. The van der Waals surface area contributed by atoms with Crippen LogP contribution in [0.25, 0.3) is 0 Å². The van der Waals surface area contributed by atoms with Gasteiger partial charge < -0.3 is 39.7 Å². The van der Waals surface area contributed by atoms with Crippen LogP contribution in [0.3, 0.4) is 0 Å². The number of Topliss-reactive ketones (excluding diaryl/α,β-unsaturated/α-hetero) is 2. The van der Waals surface area contributed by atoms with E-state index in [4.69, 9.17) is 14.2 Å². The first-order valence-corrected chi connectivity index (χ1v) is 9.45. The molecule has 4 rings (SSSR count). The number of fused-ring (bicyclic) bond motifs is 1. The molecule has 0 saturated carbocycles. The van der Waals surface area contributed by atoms with E-state index in [1.54, 1.807) is 0 Å². The Morgan fingerprint density at radius 1 is 0.935 bits per heavy atom. The van der Waals surface area contributed by atoms with Crippen molar-refractivity contribution in [2.24, 2.45) is 0 Å². The van der Waals surface area contributed by atoms with E-state index in [2.05, 4.69) is 0 Å². The highest BCUT2D eigenvalue weighted by Gasteiger charge is 2.44. The number of carbonyl (C=O) groups excluding carboxylic acids is 2. The molecule has 164 valence electrons. The van der Waals surface area contributed by atoms with Crippen molar-refractivity contribution in [1.82, 2.24) is 0 Å². The van der Waals surface area contributed by atoms with Crippen molar-refractivity contribution in [1.29, 1.82) is 0 Å². The lowest BCUT2D eigenvalue weighted by atomic mass is 9.94. The Balaban J connectivity index is 1.64. The van der Waals surface area contributed by atoms with Gasteiger partial charge in [-0.2, -0.15) is 0 Å². The van der Waals surface area contributed by atoms with Crippen molar-refractivity contribution in [3.8, 4) is 23.0 Å². The molecule has 0 bridgehead atoms. The standard InChI is InChI=1S/C21H20O10/c1-8-15(24)17(26)19(28)21(29-8)30-11-6-12(23)14-13(7-11)31-20(18(27)16(14)25)9-2-4-10(22)5-3-9/h2-8,15,17,19-24,26,28H,1H3/t8-,15-,17+,19+,20?,21-/m0/s1. The summed E-state index contributed by atoms with van der Waals surface area (Å²) in [6.45, 7) is 1.48. The van der Waals surface area contributed by atoms with E-state index >= 15 is 0 Å². The predicted octanol–water partition coefficient (Wildman–Crippen LogP) is 0.190. The second-order valence-corrected chi connectivity index (χ2v) is 7.40. The molecule has 1 fully saturated rings. The van der Waals surface area contributed by atoms with E-state index in [1.807, 2.05) is 0 Å². The Morgan fingerprint density at radius 3 is 2.29 bits per heavy atom. The van der Waals surface area contributed by atoms with Gasteiger partial charge in [-0.05, 0) is 19.1 Å². The van der Waals surface area contributed by atoms with Crippen LogP contribution in [-0.2, 0) is 9.53 Å². The summed E-state index contributed by atoms with van der Waals surface area (Å²) in [5, 5.41) is 49.5. The van der Waals surface area contributed by atoms with Gasteiger partial charge in [0.1, 0.15) is 46.9 Å². The van der Waals surface area contributed by atoms with Gasteiger partial charge in [0, 0.05) is 17.7 Å². The zero-order valence-electron chi connectivity index (χ0n) is 16.2. The van der Waals surface area contributed by atoms with Crippen LogP contribution < -0.4 is 9.47 Å². The molecular weight excluding hydrogens is 412 g/mol. The number of hydrogen-bond donors (Lipinski definition) is 5. The number of aliphatic hydroxyl groups is 3. The smallest absolute Gasteiger partial charge is 0.248 e. The van der Waals surface area contributed by atoms with Gasteiger partial charge in [0.25, 0.3) is 0 Å². The number of ether oxygens (including phenoxy) is 3. The summed E-state index contributed by atoms with van der Waals surface area (Å²) in [6, 6.07) is 7.82. The Morgan fingerprint density at radius 2 is 1.61 bits per heavy atom. The molecule has 5 N–H and O–H groups in total. The average Bonchev–Trinajstić information content (AvgIpc) is 2.73. The third-order valence-corrected chi connectivity index (χ3v) is 5.25. The van der Waals surface area contributed by atoms with Gasteiger partial charge in [-0.3, -0.25) is 9.59 Å². The summed E-state index contributed by atoms with van der Waals surface area (Å²) < 4.78 is 16.5. The SMILES string of the molecule is C[C@@H]1O[C@@H](Oc2cc(O)c3c(c2)OC(c2ccc(O)cc2)C(=O)C3=O)[C@H](O)[C@H](O)[C@H]1O. The maximum Gasteiger partial charge on any atom is 0.248 e. The van der Waals surface area contributed by atoms with Crippen LogP contribution in [-0.4, -0.2) is 67.8 Å². The van der Waals surface area contributed by atoms with Crippen molar-refractivity contribution < 1.29 is 49.3 Å². The molecule has 2 aromatic rings. The fraction of sp³-hybridized carbons (Fsp3) is 0.333. The average molecular weight is 432 g/mol. The van der Waals surface area contributed by atoms with E-state index in [-0.39, 0.29) is 22.8 Å². The monoisotopic (exact) mass is 432 g/mol. The first-order chi connectivity index (χ1) is 14.7. The van der Waals surface area contributed by atoms with Gasteiger partial charge in [0.2, 0.25) is 17.9 Å². The maximum atomic E-state index is 12.6. The Hall–Kier alpha value is -3.18. The highest BCUT2D eigenvalue weighted by Crippen LogP contribution is 2.41. The minimum Gasteiger partial charge on any atom is -0.508 e. The molecule has 1 unspecified atom stereocenters. The number of ketones is 2. The van der Waals surface area contributed by atoms with Crippen molar-refractivity contribution in [3.63, 3.8) is 0 Å². The fourth-order valence-corrected chi connectivity index (χ4v) is 3.50. The van der Waals surface area contributed by atoms with Crippen LogP contribution in [0.2, 0.25) is 0 Å². The number of aromatic hydroxyl groups is 2. The van der Waals surface area contributed by atoms with Gasteiger partial charge in [-0.15, -0.1) is 0 Å². The molecule has 0 radical (unpaired) electrons. The molecule has 1 saturated heterocycles. The normalized spacial score (nSPS) is 30.5. The van der Waals surface area contributed by atoms with Crippen LogP contribution in [0, 0.1) is 0 Å². The van der Waals surface area contributed by atoms with Crippen LogP contribution in [0.1, 0.15) is 28.9 Å². The predicted molar refractivity (Wildman–Crippen MR) is 102 cm³/mol. The van der Waals surface area contributed by atoms with Crippen LogP contribution in [0.15, 0.2) is 36.4 Å². The van der Waals surface area contributed by atoms with Crippen molar-refractivity contribution in [2.75, 3.05) is 0 Å². The summed E-state index contributed by atoms with van der Waals surface area (Å²) in [5.74, 6) is -2.64. The Bertz CT molecular complexity index is 1020. The second kappa shape index (κ2) is 7.82. The molecule has 2 heterocycles. The number of benzene rings is 2. The summed E-state index contributed by atoms with van der Waals surface area (Å²) in [5.41, 5.74) is -0.00843. The zero-order valence-corrected chi connectivity index (χ0v) is 16.2. The summed E-state index contributed by atoms with van der Waals surface area (Å²) in [4.78, 5) is 25.0. The second-order valence-electron chi connectivity index (χ2n) is 7.40. The van der Waals surface area contributed by atoms with Crippen LogP contribution in [0.4, 0.5) is 0 Å².